The summed E-state index contributed by atoms with van der Waals surface area (Å²) in [4.78, 5) is 24.1. The van der Waals surface area contributed by atoms with Crippen LogP contribution in [0.4, 0.5) is 5.69 Å². The smallest absolute Gasteiger partial charge is 0.340 e. The molecule has 0 amide bonds. The molecule has 0 bridgehead atoms. The minimum absolute atomic E-state index is 0.0595. The first-order chi connectivity index (χ1) is 10.1. The topological polar surface area (TPSA) is 79.2 Å². The second-order valence-corrected chi connectivity index (χ2v) is 5.22. The number of nitrogens with two attached hydrogens (primary N) is 1. The van der Waals surface area contributed by atoms with Gasteiger partial charge in [0.25, 0.3) is 0 Å². The van der Waals surface area contributed by atoms with Crippen molar-refractivity contribution >= 4 is 11.7 Å². The fourth-order valence-electron chi connectivity index (χ4n) is 2.47. The monoisotopic (exact) mass is 287 g/mol. The Morgan fingerprint density at radius 3 is 2.81 bits per heavy atom. The molecule has 0 spiro atoms. The van der Waals surface area contributed by atoms with E-state index in [4.69, 9.17) is 10.5 Å². The zero-order valence-corrected chi connectivity index (χ0v) is 11.8. The molecule has 6 heteroatoms. The van der Waals surface area contributed by atoms with E-state index in [1.54, 1.807) is 39.7 Å². The van der Waals surface area contributed by atoms with Crippen molar-refractivity contribution in [1.82, 2.24) is 9.13 Å². The lowest BCUT2D eigenvalue weighted by atomic mass is 10.1. The van der Waals surface area contributed by atoms with Crippen molar-refractivity contribution in [1.29, 1.82) is 0 Å². The number of imidazole rings is 1. The molecule has 0 aliphatic heterocycles. The molecule has 1 fully saturated rings. The van der Waals surface area contributed by atoms with Crippen molar-refractivity contribution < 1.29 is 9.53 Å². The van der Waals surface area contributed by atoms with Gasteiger partial charge in [-0.05, 0) is 24.5 Å². The number of hydrogen-bond acceptors (Lipinski definition) is 4. The van der Waals surface area contributed by atoms with Crippen LogP contribution < -0.4 is 11.4 Å². The van der Waals surface area contributed by atoms with E-state index in [9.17, 15) is 9.59 Å². The first-order valence-electron chi connectivity index (χ1n) is 6.84. The number of aromatic nitrogens is 2. The molecule has 0 radical (unpaired) electrons. The molecule has 21 heavy (non-hydrogen) atoms. The predicted octanol–water partition coefficient (Wildman–Crippen LogP) is 1.40. The second kappa shape index (κ2) is 5.12. The molecule has 1 saturated carbocycles. The number of carbonyl (C=O) groups excluding carboxylic acids is 1. The number of esters is 1. The highest BCUT2D eigenvalue weighted by atomic mass is 16.5. The number of benzene rings is 1. The van der Waals surface area contributed by atoms with Gasteiger partial charge in [-0.1, -0.05) is 12.1 Å². The fraction of sp³-hybridized carbons (Fsp3) is 0.333. The third-order valence-corrected chi connectivity index (χ3v) is 3.73. The Balaban J connectivity index is 1.96. The third-order valence-electron chi connectivity index (χ3n) is 3.73. The van der Waals surface area contributed by atoms with Crippen LogP contribution in [0.1, 0.15) is 34.8 Å². The van der Waals surface area contributed by atoms with Gasteiger partial charge in [0, 0.05) is 24.1 Å². The van der Waals surface area contributed by atoms with Crippen molar-refractivity contribution in [3.05, 3.63) is 52.2 Å². The van der Waals surface area contributed by atoms with E-state index < -0.39 is 5.97 Å². The Morgan fingerprint density at radius 1 is 1.38 bits per heavy atom. The minimum atomic E-state index is -0.488. The molecule has 6 nitrogen and oxygen atoms in total. The van der Waals surface area contributed by atoms with Crippen molar-refractivity contribution in [3.8, 4) is 0 Å². The Morgan fingerprint density at radius 2 is 2.14 bits per heavy atom. The Labute approximate surface area is 121 Å². The van der Waals surface area contributed by atoms with Gasteiger partial charge in [-0.15, -0.1) is 0 Å². The number of nitrogens with zero attached hydrogens (tertiary/aromatic N) is 2. The SMILES string of the molecule is COC(=O)c1c(N)cccc1Cn1ccn(C2CC2)c1=O. The lowest BCUT2D eigenvalue weighted by Crippen LogP contribution is -2.24. The van der Waals surface area contributed by atoms with E-state index in [2.05, 4.69) is 0 Å². The molecular weight excluding hydrogens is 270 g/mol. The van der Waals surface area contributed by atoms with Crippen LogP contribution in [-0.4, -0.2) is 22.2 Å². The van der Waals surface area contributed by atoms with E-state index in [1.807, 2.05) is 0 Å². The molecule has 0 unspecified atom stereocenters. The summed E-state index contributed by atoms with van der Waals surface area (Å²) in [5.41, 5.74) is 7.16. The maximum Gasteiger partial charge on any atom is 0.340 e. The van der Waals surface area contributed by atoms with Crippen LogP contribution in [0.25, 0.3) is 0 Å². The van der Waals surface area contributed by atoms with Gasteiger partial charge in [0.2, 0.25) is 0 Å². The number of carbonyl (C=O) groups is 1. The molecular formula is C15H17N3O3. The summed E-state index contributed by atoms with van der Waals surface area (Å²) in [6.45, 7) is 0.300. The van der Waals surface area contributed by atoms with Crippen LogP contribution in [0.2, 0.25) is 0 Å². The Kier molecular flexibility index (Phi) is 3.29. The van der Waals surface area contributed by atoms with E-state index >= 15 is 0 Å². The molecule has 2 aromatic rings. The summed E-state index contributed by atoms with van der Waals surface area (Å²) in [5, 5.41) is 0. The predicted molar refractivity (Wildman–Crippen MR) is 78.3 cm³/mol. The van der Waals surface area contributed by atoms with Crippen LogP contribution in [0.15, 0.2) is 35.4 Å². The molecule has 1 heterocycles. The maximum atomic E-state index is 12.3. The summed E-state index contributed by atoms with van der Waals surface area (Å²) in [6, 6.07) is 5.52. The van der Waals surface area contributed by atoms with Crippen molar-refractivity contribution in [3.63, 3.8) is 0 Å². The summed E-state index contributed by atoms with van der Waals surface area (Å²) in [7, 11) is 1.31. The number of nitrogen functional groups attached to an aromatic ring is 1. The largest absolute Gasteiger partial charge is 0.465 e. The van der Waals surface area contributed by atoms with Crippen molar-refractivity contribution in [2.24, 2.45) is 0 Å². The van der Waals surface area contributed by atoms with Crippen molar-refractivity contribution in [2.75, 3.05) is 12.8 Å². The molecule has 0 saturated heterocycles. The second-order valence-electron chi connectivity index (χ2n) is 5.22. The average Bonchev–Trinajstić information content (AvgIpc) is 3.25. The van der Waals surface area contributed by atoms with Gasteiger partial charge in [0.1, 0.15) is 0 Å². The summed E-state index contributed by atoms with van der Waals surface area (Å²) >= 11 is 0. The standard InChI is InChI=1S/C15H17N3O3/c1-21-14(19)13-10(3-2-4-12(13)16)9-17-7-8-18(15(17)20)11-5-6-11/h2-4,7-8,11H,5-6,9,16H2,1H3. The zero-order chi connectivity index (χ0) is 15.0. The molecule has 1 aliphatic carbocycles. The molecule has 0 atom stereocenters. The number of methoxy groups -OCH3 is 1. The normalized spacial score (nSPS) is 14.1. The quantitative estimate of drug-likeness (QED) is 0.681. The zero-order valence-electron chi connectivity index (χ0n) is 11.8. The molecule has 1 aromatic carbocycles. The highest BCUT2D eigenvalue weighted by Gasteiger charge is 2.26. The highest BCUT2D eigenvalue weighted by molar-refractivity contribution is 5.96. The Bertz CT molecular complexity index is 741. The lowest BCUT2D eigenvalue weighted by Gasteiger charge is -2.10. The average molecular weight is 287 g/mol. The van der Waals surface area contributed by atoms with Gasteiger partial charge in [0.15, 0.2) is 0 Å². The van der Waals surface area contributed by atoms with E-state index in [0.29, 0.717) is 29.4 Å². The van der Waals surface area contributed by atoms with E-state index in [-0.39, 0.29) is 5.69 Å². The van der Waals surface area contributed by atoms with Gasteiger partial charge in [0.05, 0.1) is 19.2 Å². The number of anilines is 1. The Hall–Kier alpha value is -2.50. The number of ether oxygens (including phenoxy) is 1. The van der Waals surface area contributed by atoms with Gasteiger partial charge in [-0.3, -0.25) is 9.13 Å². The van der Waals surface area contributed by atoms with Gasteiger partial charge in [-0.25, -0.2) is 9.59 Å². The first-order valence-corrected chi connectivity index (χ1v) is 6.84. The third kappa shape index (κ3) is 2.44. The van der Waals surface area contributed by atoms with E-state index in [0.717, 1.165) is 12.8 Å². The van der Waals surface area contributed by atoms with Gasteiger partial charge in [-0.2, -0.15) is 0 Å². The summed E-state index contributed by atoms with van der Waals surface area (Å²) in [6.07, 6.45) is 5.64. The minimum Gasteiger partial charge on any atom is -0.465 e. The summed E-state index contributed by atoms with van der Waals surface area (Å²) in [5.74, 6) is -0.488. The number of hydrogen-bond donors (Lipinski definition) is 1. The van der Waals surface area contributed by atoms with E-state index in [1.165, 1.54) is 7.11 Å². The molecule has 1 aliphatic rings. The number of rotatable bonds is 4. The molecule has 1 aromatic heterocycles. The van der Waals surface area contributed by atoms with Gasteiger partial charge >= 0.3 is 11.7 Å². The van der Waals surface area contributed by atoms with Crippen molar-refractivity contribution in [2.45, 2.75) is 25.4 Å². The van der Waals surface area contributed by atoms with Crippen LogP contribution in [0, 0.1) is 0 Å². The van der Waals surface area contributed by atoms with Crippen LogP contribution >= 0.6 is 0 Å². The van der Waals surface area contributed by atoms with Crippen LogP contribution in [-0.2, 0) is 11.3 Å². The molecule has 3 rings (SSSR count). The first kappa shape index (κ1) is 13.5. The molecule has 110 valence electrons. The maximum absolute atomic E-state index is 12.3. The lowest BCUT2D eigenvalue weighted by molar-refractivity contribution is 0.0600. The fourth-order valence-corrected chi connectivity index (χ4v) is 2.47. The summed E-state index contributed by atoms with van der Waals surface area (Å²) < 4.78 is 8.09. The van der Waals surface area contributed by atoms with Crippen LogP contribution in [0.5, 0.6) is 0 Å². The highest BCUT2D eigenvalue weighted by Crippen LogP contribution is 2.33. The van der Waals surface area contributed by atoms with Gasteiger partial charge < -0.3 is 10.5 Å². The molecule has 2 N–H and O–H groups in total. The van der Waals surface area contributed by atoms with Crippen LogP contribution in [0.3, 0.4) is 0 Å².